The molecule has 1 aliphatic rings. The molecule has 2 heterocycles. The van der Waals surface area contributed by atoms with Crippen molar-refractivity contribution in [2.75, 3.05) is 46.5 Å². The molecule has 0 saturated carbocycles. The maximum Gasteiger partial charge on any atom is 0.252 e. The van der Waals surface area contributed by atoms with Crippen molar-refractivity contribution in [1.82, 2.24) is 15.2 Å². The van der Waals surface area contributed by atoms with E-state index in [2.05, 4.69) is 10.2 Å². The molecule has 0 aliphatic carbocycles. The van der Waals surface area contributed by atoms with Gasteiger partial charge in [0.05, 0.1) is 37.1 Å². The minimum absolute atomic E-state index is 0.0771. The minimum Gasteiger partial charge on any atom is -0.496 e. The van der Waals surface area contributed by atoms with Crippen LogP contribution in [0.3, 0.4) is 0 Å². The predicted molar refractivity (Wildman–Crippen MR) is 118 cm³/mol. The van der Waals surface area contributed by atoms with Crippen molar-refractivity contribution in [2.24, 2.45) is 0 Å². The molecule has 0 unspecified atom stereocenters. The van der Waals surface area contributed by atoms with E-state index in [-0.39, 0.29) is 5.91 Å². The molecule has 4 rings (SSSR count). The fourth-order valence-corrected chi connectivity index (χ4v) is 3.78. The summed E-state index contributed by atoms with van der Waals surface area (Å²) >= 11 is 0. The quantitative estimate of drug-likeness (QED) is 0.611. The van der Waals surface area contributed by atoms with Gasteiger partial charge in [0.1, 0.15) is 5.75 Å². The molecule has 2 aromatic carbocycles. The number of ether oxygens (including phenoxy) is 2. The summed E-state index contributed by atoms with van der Waals surface area (Å²) in [7, 11) is 1.64. The van der Waals surface area contributed by atoms with Gasteiger partial charge in [0.25, 0.3) is 5.91 Å². The Morgan fingerprint density at radius 3 is 2.73 bits per heavy atom. The molecule has 0 radical (unpaired) electrons. The second-order valence-corrected chi connectivity index (χ2v) is 7.34. The first-order valence-electron chi connectivity index (χ1n) is 10.4. The zero-order valence-corrected chi connectivity index (χ0v) is 17.3. The maximum absolute atomic E-state index is 13.0. The Bertz CT molecular complexity index is 1020. The van der Waals surface area contributed by atoms with Gasteiger partial charge in [-0.05, 0) is 37.2 Å². The van der Waals surface area contributed by atoms with Crippen LogP contribution in [0.4, 0.5) is 0 Å². The molecule has 6 heteroatoms. The predicted octanol–water partition coefficient (Wildman–Crippen LogP) is 3.36. The van der Waals surface area contributed by atoms with Crippen LogP contribution in [0.25, 0.3) is 22.2 Å². The van der Waals surface area contributed by atoms with Crippen LogP contribution in [0.1, 0.15) is 16.8 Å². The lowest BCUT2D eigenvalue weighted by molar-refractivity contribution is 0.0374. The third kappa shape index (κ3) is 4.61. The number of para-hydroxylation sites is 2. The van der Waals surface area contributed by atoms with E-state index >= 15 is 0 Å². The number of carbonyl (C=O) groups is 1. The molecule has 0 spiro atoms. The standard InChI is InChI=1S/C24H27N3O3/c1-29-23-10-5-3-8-19(23)22-17-20(18-7-2-4-9-21(18)26-22)24(28)25-11-6-12-27-13-15-30-16-14-27/h2-5,7-10,17H,6,11-16H2,1H3,(H,25,28). The number of morpholine rings is 1. The average Bonchev–Trinajstić information content (AvgIpc) is 2.81. The van der Waals surface area contributed by atoms with Crippen LogP contribution < -0.4 is 10.1 Å². The first-order chi connectivity index (χ1) is 14.8. The van der Waals surface area contributed by atoms with Crippen LogP contribution >= 0.6 is 0 Å². The summed E-state index contributed by atoms with van der Waals surface area (Å²) in [6.45, 7) is 5.11. The summed E-state index contributed by atoms with van der Waals surface area (Å²) in [4.78, 5) is 20.2. The largest absolute Gasteiger partial charge is 0.496 e. The number of pyridine rings is 1. The fourth-order valence-electron chi connectivity index (χ4n) is 3.78. The normalized spacial score (nSPS) is 14.6. The van der Waals surface area contributed by atoms with Crippen LogP contribution in [-0.4, -0.2) is 62.3 Å². The van der Waals surface area contributed by atoms with Crippen LogP contribution in [0.5, 0.6) is 5.75 Å². The topological polar surface area (TPSA) is 63.7 Å². The van der Waals surface area contributed by atoms with Crippen LogP contribution in [0, 0.1) is 0 Å². The van der Waals surface area contributed by atoms with E-state index in [1.54, 1.807) is 7.11 Å². The first kappa shape index (κ1) is 20.3. The zero-order chi connectivity index (χ0) is 20.8. The molecule has 1 saturated heterocycles. The highest BCUT2D eigenvalue weighted by atomic mass is 16.5. The molecule has 3 aromatic rings. The van der Waals surface area contributed by atoms with Gasteiger partial charge in [-0.1, -0.05) is 30.3 Å². The number of methoxy groups -OCH3 is 1. The average molecular weight is 405 g/mol. The van der Waals surface area contributed by atoms with Crippen molar-refractivity contribution in [2.45, 2.75) is 6.42 Å². The van der Waals surface area contributed by atoms with Gasteiger partial charge in [-0.25, -0.2) is 4.98 Å². The third-order valence-electron chi connectivity index (χ3n) is 5.38. The molecule has 156 valence electrons. The molecule has 1 N–H and O–H groups in total. The SMILES string of the molecule is COc1ccccc1-c1cc(C(=O)NCCCN2CCOCC2)c2ccccc2n1. The summed E-state index contributed by atoms with van der Waals surface area (Å²) in [6.07, 6.45) is 0.911. The van der Waals surface area contributed by atoms with Crippen molar-refractivity contribution in [3.05, 3.63) is 60.2 Å². The van der Waals surface area contributed by atoms with E-state index in [4.69, 9.17) is 14.5 Å². The van der Waals surface area contributed by atoms with Gasteiger partial charge in [0.2, 0.25) is 0 Å². The number of carbonyl (C=O) groups excluding carboxylic acids is 1. The highest BCUT2D eigenvalue weighted by Gasteiger charge is 2.16. The number of rotatable bonds is 7. The number of benzene rings is 2. The lowest BCUT2D eigenvalue weighted by atomic mass is 10.0. The van der Waals surface area contributed by atoms with E-state index in [1.165, 1.54) is 0 Å². The molecule has 30 heavy (non-hydrogen) atoms. The number of aromatic nitrogens is 1. The summed E-state index contributed by atoms with van der Waals surface area (Å²) in [5.74, 6) is 0.656. The first-order valence-corrected chi connectivity index (χ1v) is 10.4. The van der Waals surface area contributed by atoms with Crippen molar-refractivity contribution in [3.8, 4) is 17.0 Å². The minimum atomic E-state index is -0.0771. The number of hydrogen-bond donors (Lipinski definition) is 1. The molecule has 0 atom stereocenters. The van der Waals surface area contributed by atoms with Crippen LogP contribution in [0.2, 0.25) is 0 Å². The van der Waals surface area contributed by atoms with E-state index in [0.29, 0.717) is 12.1 Å². The van der Waals surface area contributed by atoms with E-state index in [9.17, 15) is 4.79 Å². The Morgan fingerprint density at radius 1 is 1.13 bits per heavy atom. The zero-order valence-electron chi connectivity index (χ0n) is 17.3. The monoisotopic (exact) mass is 405 g/mol. The number of hydrogen-bond acceptors (Lipinski definition) is 5. The van der Waals surface area contributed by atoms with Crippen molar-refractivity contribution < 1.29 is 14.3 Å². The van der Waals surface area contributed by atoms with Gasteiger partial charge in [0.15, 0.2) is 0 Å². The van der Waals surface area contributed by atoms with E-state index in [1.807, 2.05) is 54.6 Å². The van der Waals surface area contributed by atoms with Crippen LogP contribution in [-0.2, 0) is 4.74 Å². The van der Waals surface area contributed by atoms with Crippen molar-refractivity contribution in [3.63, 3.8) is 0 Å². The van der Waals surface area contributed by atoms with Gasteiger partial charge in [0, 0.05) is 30.6 Å². The third-order valence-corrected chi connectivity index (χ3v) is 5.38. The summed E-state index contributed by atoms with van der Waals surface area (Å²) in [5, 5.41) is 3.93. The van der Waals surface area contributed by atoms with Gasteiger partial charge in [-0.15, -0.1) is 0 Å². The van der Waals surface area contributed by atoms with Gasteiger partial charge < -0.3 is 14.8 Å². The van der Waals surface area contributed by atoms with Gasteiger partial charge in [-0.3, -0.25) is 9.69 Å². The highest BCUT2D eigenvalue weighted by molar-refractivity contribution is 6.07. The molecule has 1 aliphatic heterocycles. The second kappa shape index (κ2) is 9.69. The Morgan fingerprint density at radius 2 is 1.90 bits per heavy atom. The molecule has 1 aromatic heterocycles. The van der Waals surface area contributed by atoms with Gasteiger partial charge in [-0.2, -0.15) is 0 Å². The van der Waals surface area contributed by atoms with E-state index < -0.39 is 0 Å². The van der Waals surface area contributed by atoms with Crippen molar-refractivity contribution in [1.29, 1.82) is 0 Å². The Hall–Kier alpha value is -2.96. The highest BCUT2D eigenvalue weighted by Crippen LogP contribution is 2.31. The summed E-state index contributed by atoms with van der Waals surface area (Å²) in [5.41, 5.74) is 3.02. The maximum atomic E-state index is 13.0. The number of amides is 1. The lowest BCUT2D eigenvalue weighted by Gasteiger charge is -2.26. The Labute approximate surface area is 176 Å². The van der Waals surface area contributed by atoms with E-state index in [0.717, 1.165) is 67.2 Å². The number of nitrogens with zero attached hydrogens (tertiary/aromatic N) is 2. The van der Waals surface area contributed by atoms with Crippen molar-refractivity contribution >= 4 is 16.8 Å². The summed E-state index contributed by atoms with van der Waals surface area (Å²) in [6, 6.07) is 17.3. The molecule has 1 amide bonds. The molecule has 1 fully saturated rings. The van der Waals surface area contributed by atoms with Crippen LogP contribution in [0.15, 0.2) is 54.6 Å². The fraction of sp³-hybridized carbons (Fsp3) is 0.333. The summed E-state index contributed by atoms with van der Waals surface area (Å²) < 4.78 is 10.9. The molecule has 0 bridgehead atoms. The second-order valence-electron chi connectivity index (χ2n) is 7.34. The molecular formula is C24H27N3O3. The number of fused-ring (bicyclic) bond motifs is 1. The Balaban J connectivity index is 1.54. The Kier molecular flexibility index (Phi) is 6.57. The molecule has 6 nitrogen and oxygen atoms in total. The number of nitrogens with one attached hydrogen (secondary N) is 1. The lowest BCUT2D eigenvalue weighted by Crippen LogP contribution is -2.38. The smallest absolute Gasteiger partial charge is 0.252 e. The van der Waals surface area contributed by atoms with Gasteiger partial charge >= 0.3 is 0 Å². The molecular weight excluding hydrogens is 378 g/mol.